The summed E-state index contributed by atoms with van der Waals surface area (Å²) in [5, 5.41) is 20.1. The van der Waals surface area contributed by atoms with Crippen molar-refractivity contribution in [1.82, 2.24) is 9.88 Å². The first-order valence-electron chi connectivity index (χ1n) is 5.09. The molecule has 0 saturated carbocycles. The maximum absolute atomic E-state index is 10.9. The molecule has 2 rings (SSSR count). The summed E-state index contributed by atoms with van der Waals surface area (Å²) in [6.07, 6.45) is 1.36. The van der Waals surface area contributed by atoms with Crippen LogP contribution in [0.4, 0.5) is 4.79 Å². The van der Waals surface area contributed by atoms with Gasteiger partial charge in [-0.05, 0) is 24.2 Å². The van der Waals surface area contributed by atoms with Gasteiger partial charge in [-0.2, -0.15) is 0 Å². The van der Waals surface area contributed by atoms with Crippen LogP contribution in [0.1, 0.15) is 12.1 Å². The second kappa shape index (κ2) is 4.99. The van der Waals surface area contributed by atoms with Crippen molar-refractivity contribution in [1.29, 1.82) is 0 Å². The van der Waals surface area contributed by atoms with Crippen LogP contribution in [0.25, 0.3) is 5.57 Å². The van der Waals surface area contributed by atoms with Crippen LogP contribution in [-0.2, 0) is 0 Å². The minimum absolute atomic E-state index is 0.172. The van der Waals surface area contributed by atoms with E-state index in [2.05, 4.69) is 4.98 Å². The number of amides is 1. The molecular weight excluding hydrogens is 260 g/mol. The molecule has 5 nitrogen and oxygen atoms in total. The van der Waals surface area contributed by atoms with E-state index in [1.807, 2.05) is 11.5 Å². The number of aliphatic hydroxyl groups is 1. The summed E-state index contributed by atoms with van der Waals surface area (Å²) in [5.41, 5.74) is 1.93. The van der Waals surface area contributed by atoms with Gasteiger partial charge in [0.2, 0.25) is 0 Å². The Hall–Kier alpha value is -1.18. The highest BCUT2D eigenvalue weighted by molar-refractivity contribution is 7.73. The lowest BCUT2D eigenvalue weighted by atomic mass is 9.99. The summed E-state index contributed by atoms with van der Waals surface area (Å²) < 4.78 is 0.696. The minimum atomic E-state index is -1.00. The van der Waals surface area contributed by atoms with Crippen LogP contribution in [0, 0.1) is 3.95 Å². The molecule has 1 aromatic rings. The molecule has 0 unspecified atom stereocenters. The molecule has 1 aromatic heterocycles. The quantitative estimate of drug-likeness (QED) is 0.719. The summed E-state index contributed by atoms with van der Waals surface area (Å²) in [5.74, 6) is 0. The van der Waals surface area contributed by atoms with Gasteiger partial charge in [-0.25, -0.2) is 4.79 Å². The maximum Gasteiger partial charge on any atom is 0.407 e. The monoisotopic (exact) mass is 272 g/mol. The second-order valence-corrected chi connectivity index (χ2v) is 5.31. The van der Waals surface area contributed by atoms with Crippen LogP contribution in [0.15, 0.2) is 11.5 Å². The predicted octanol–water partition coefficient (Wildman–Crippen LogP) is 1.93. The number of nitrogens with zero attached hydrogens (tertiary/aromatic N) is 1. The molecule has 0 bridgehead atoms. The van der Waals surface area contributed by atoms with Gasteiger partial charge in [-0.15, -0.1) is 11.3 Å². The molecule has 1 amide bonds. The topological polar surface area (TPSA) is 76.6 Å². The van der Waals surface area contributed by atoms with Gasteiger partial charge in [-0.1, -0.05) is 6.08 Å². The fraction of sp³-hybridized carbons (Fsp3) is 0.400. The Balaban J connectivity index is 2.23. The van der Waals surface area contributed by atoms with Gasteiger partial charge < -0.3 is 15.2 Å². The van der Waals surface area contributed by atoms with Crippen LogP contribution in [0.2, 0.25) is 0 Å². The Morgan fingerprint density at radius 1 is 1.71 bits per heavy atom. The Labute approximate surface area is 107 Å². The zero-order valence-corrected chi connectivity index (χ0v) is 10.6. The van der Waals surface area contributed by atoms with Crippen molar-refractivity contribution in [2.75, 3.05) is 13.2 Å². The number of hydrogen-bond acceptors (Lipinski definition) is 4. The number of nitrogens with one attached hydrogen (secondary N) is 1. The Morgan fingerprint density at radius 2 is 2.47 bits per heavy atom. The number of hydrogen-bond donors (Lipinski definition) is 3. The van der Waals surface area contributed by atoms with Gasteiger partial charge in [0.25, 0.3) is 0 Å². The minimum Gasteiger partial charge on any atom is -0.465 e. The number of carboxylic acid groups (broad SMARTS) is 1. The van der Waals surface area contributed by atoms with E-state index in [0.29, 0.717) is 16.9 Å². The highest BCUT2D eigenvalue weighted by Crippen LogP contribution is 2.26. The first kappa shape index (κ1) is 12.3. The first-order valence-corrected chi connectivity index (χ1v) is 6.38. The normalized spacial score (nSPS) is 20.2. The lowest BCUT2D eigenvalue weighted by Crippen LogP contribution is -2.44. The summed E-state index contributed by atoms with van der Waals surface area (Å²) >= 11 is 6.45. The molecule has 0 fully saturated rings. The van der Waals surface area contributed by atoms with Crippen molar-refractivity contribution >= 4 is 35.2 Å². The van der Waals surface area contributed by atoms with Crippen LogP contribution < -0.4 is 0 Å². The average Bonchev–Trinajstić information content (AvgIpc) is 2.75. The van der Waals surface area contributed by atoms with Gasteiger partial charge in [-0.3, -0.25) is 4.90 Å². The number of aromatic amines is 1. The van der Waals surface area contributed by atoms with E-state index >= 15 is 0 Å². The lowest BCUT2D eigenvalue weighted by molar-refractivity contribution is 0.103. The maximum atomic E-state index is 10.9. The van der Waals surface area contributed by atoms with E-state index in [-0.39, 0.29) is 12.6 Å². The van der Waals surface area contributed by atoms with Crippen molar-refractivity contribution < 1.29 is 15.0 Å². The van der Waals surface area contributed by atoms with Crippen molar-refractivity contribution in [2.24, 2.45) is 0 Å². The molecule has 0 aromatic carbocycles. The van der Waals surface area contributed by atoms with E-state index in [4.69, 9.17) is 17.3 Å². The fourth-order valence-corrected chi connectivity index (χ4v) is 2.72. The summed E-state index contributed by atoms with van der Waals surface area (Å²) in [7, 11) is 0. The Kier molecular flexibility index (Phi) is 3.60. The third-order valence-corrected chi connectivity index (χ3v) is 3.81. The molecule has 1 aliphatic heterocycles. The second-order valence-electron chi connectivity index (χ2n) is 3.77. The smallest absolute Gasteiger partial charge is 0.407 e. The molecular formula is C10H12N2O3S2. The predicted molar refractivity (Wildman–Crippen MR) is 67.7 cm³/mol. The number of aliphatic hydroxyl groups excluding tert-OH is 1. The Bertz CT molecular complexity index is 506. The molecule has 0 aliphatic carbocycles. The van der Waals surface area contributed by atoms with Crippen LogP contribution >= 0.6 is 23.6 Å². The van der Waals surface area contributed by atoms with Crippen LogP contribution in [-0.4, -0.2) is 45.4 Å². The standard InChI is InChI=1S/C10H12N2O3S2/c13-4-7-3-6(1-2-12(7)10(14)15)8-5-17-9(16)11-8/h1,5,7,13H,2-4H2,(H,11,16)(H,14,15)/t7-/m0/s1. The first-order chi connectivity index (χ1) is 8.11. The molecule has 0 saturated heterocycles. The molecule has 0 radical (unpaired) electrons. The molecule has 92 valence electrons. The zero-order chi connectivity index (χ0) is 12.4. The zero-order valence-electron chi connectivity index (χ0n) is 8.92. The van der Waals surface area contributed by atoms with Gasteiger partial charge >= 0.3 is 6.09 Å². The van der Waals surface area contributed by atoms with Gasteiger partial charge in [0.1, 0.15) is 0 Å². The van der Waals surface area contributed by atoms with E-state index in [1.165, 1.54) is 16.2 Å². The van der Waals surface area contributed by atoms with Crippen molar-refractivity contribution in [2.45, 2.75) is 12.5 Å². The highest BCUT2D eigenvalue weighted by atomic mass is 32.1. The SMILES string of the molecule is O=C(O)N1CC=C(c2csc(=S)[nH]2)C[C@H]1CO. The molecule has 0 spiro atoms. The average molecular weight is 272 g/mol. The molecule has 3 N–H and O–H groups in total. The van der Waals surface area contributed by atoms with E-state index in [1.54, 1.807) is 0 Å². The van der Waals surface area contributed by atoms with E-state index < -0.39 is 6.09 Å². The summed E-state index contributed by atoms with van der Waals surface area (Å²) in [6, 6.07) is -0.380. The van der Waals surface area contributed by atoms with Gasteiger partial charge in [0, 0.05) is 11.9 Å². The fourth-order valence-electron chi connectivity index (χ4n) is 1.86. The summed E-state index contributed by atoms with van der Waals surface area (Å²) in [4.78, 5) is 15.2. The number of thiazole rings is 1. The molecule has 1 atom stereocenters. The molecule has 1 aliphatic rings. The molecule has 17 heavy (non-hydrogen) atoms. The highest BCUT2D eigenvalue weighted by Gasteiger charge is 2.27. The van der Waals surface area contributed by atoms with E-state index in [0.717, 1.165) is 11.3 Å². The third-order valence-electron chi connectivity index (χ3n) is 2.75. The van der Waals surface area contributed by atoms with Crippen molar-refractivity contribution in [3.63, 3.8) is 0 Å². The Morgan fingerprint density at radius 3 is 3.00 bits per heavy atom. The van der Waals surface area contributed by atoms with Crippen molar-refractivity contribution in [3.05, 3.63) is 21.1 Å². The van der Waals surface area contributed by atoms with Gasteiger partial charge in [0.05, 0.1) is 18.3 Å². The number of carbonyl (C=O) groups is 1. The third kappa shape index (κ3) is 2.56. The summed E-state index contributed by atoms with van der Waals surface area (Å²) in [6.45, 7) is 0.126. The van der Waals surface area contributed by atoms with Crippen LogP contribution in [0.3, 0.4) is 0 Å². The number of H-pyrrole nitrogens is 1. The van der Waals surface area contributed by atoms with Gasteiger partial charge in [0.15, 0.2) is 3.95 Å². The molecule has 7 heteroatoms. The largest absolute Gasteiger partial charge is 0.465 e. The lowest BCUT2D eigenvalue weighted by Gasteiger charge is -2.31. The van der Waals surface area contributed by atoms with E-state index in [9.17, 15) is 9.90 Å². The molecule has 2 heterocycles. The van der Waals surface area contributed by atoms with Crippen molar-refractivity contribution in [3.8, 4) is 0 Å². The van der Waals surface area contributed by atoms with Crippen LogP contribution in [0.5, 0.6) is 0 Å². The number of rotatable bonds is 2. The number of aromatic nitrogens is 1.